The van der Waals surface area contributed by atoms with Crippen LogP contribution in [0, 0.1) is 0 Å². The summed E-state index contributed by atoms with van der Waals surface area (Å²) in [5, 5.41) is 4.31. The maximum Gasteiger partial charge on any atom is 0.127 e. The zero-order valence-corrected chi connectivity index (χ0v) is 14.2. The molecule has 0 bridgehead atoms. The van der Waals surface area contributed by atoms with Gasteiger partial charge in [-0.1, -0.05) is 39.7 Å². The minimum absolute atomic E-state index is 0.236. The van der Waals surface area contributed by atoms with Gasteiger partial charge in [0.25, 0.3) is 0 Å². The Labute approximate surface area is 138 Å². The lowest BCUT2D eigenvalue weighted by atomic mass is 10.1. The highest BCUT2D eigenvalue weighted by Crippen LogP contribution is 2.33. The van der Waals surface area contributed by atoms with Gasteiger partial charge in [0.2, 0.25) is 0 Å². The Bertz CT molecular complexity index is 659. The van der Waals surface area contributed by atoms with Crippen molar-refractivity contribution in [3.8, 4) is 5.75 Å². The summed E-state index contributed by atoms with van der Waals surface area (Å²) in [5.41, 5.74) is 3.68. The van der Waals surface area contributed by atoms with Gasteiger partial charge in [-0.05, 0) is 42.3 Å². The second-order valence-corrected chi connectivity index (χ2v) is 6.66. The average molecular weight is 367 g/mol. The van der Waals surface area contributed by atoms with E-state index in [0.29, 0.717) is 0 Å². The fourth-order valence-corrected chi connectivity index (χ4v) is 3.39. The molecule has 0 saturated carbocycles. The summed E-state index contributed by atoms with van der Waals surface area (Å²) >= 11 is 9.63. The number of rotatable bonds is 4. The Kier molecular flexibility index (Phi) is 4.53. The Morgan fingerprint density at radius 2 is 2.19 bits per heavy atom. The summed E-state index contributed by atoms with van der Waals surface area (Å²) < 4.78 is 6.87. The molecule has 1 N–H and O–H groups in total. The van der Waals surface area contributed by atoms with Gasteiger partial charge in [0.15, 0.2) is 0 Å². The fourth-order valence-electron chi connectivity index (χ4n) is 2.63. The molecule has 0 saturated heterocycles. The third-order valence-electron chi connectivity index (χ3n) is 3.77. The van der Waals surface area contributed by atoms with Crippen molar-refractivity contribution in [1.82, 2.24) is 5.32 Å². The van der Waals surface area contributed by atoms with E-state index in [0.717, 1.165) is 34.8 Å². The van der Waals surface area contributed by atoms with E-state index < -0.39 is 0 Å². The van der Waals surface area contributed by atoms with Gasteiger partial charge in [-0.3, -0.25) is 0 Å². The maximum absolute atomic E-state index is 6.05. The van der Waals surface area contributed by atoms with Crippen molar-refractivity contribution < 1.29 is 4.74 Å². The van der Waals surface area contributed by atoms with Crippen LogP contribution in [-0.4, -0.2) is 6.61 Å². The molecule has 1 heterocycles. The SMILES string of the molecule is C[C@@H](NCc1cc(Br)cc2c1OCC2)c1cccc(Cl)c1. The van der Waals surface area contributed by atoms with Crippen molar-refractivity contribution in [1.29, 1.82) is 0 Å². The topological polar surface area (TPSA) is 21.3 Å². The predicted octanol–water partition coefficient (Wildman–Crippen LogP) is 4.89. The number of fused-ring (bicyclic) bond motifs is 1. The minimum Gasteiger partial charge on any atom is -0.493 e. The lowest BCUT2D eigenvalue weighted by Gasteiger charge is -2.16. The molecule has 1 atom stereocenters. The number of hydrogen-bond acceptors (Lipinski definition) is 2. The largest absolute Gasteiger partial charge is 0.493 e. The second kappa shape index (κ2) is 6.39. The van der Waals surface area contributed by atoms with Crippen molar-refractivity contribution in [3.63, 3.8) is 0 Å². The van der Waals surface area contributed by atoms with Gasteiger partial charge in [0.05, 0.1) is 6.61 Å². The highest BCUT2D eigenvalue weighted by molar-refractivity contribution is 9.10. The predicted molar refractivity (Wildman–Crippen MR) is 90.0 cm³/mol. The molecule has 0 aliphatic carbocycles. The van der Waals surface area contributed by atoms with Gasteiger partial charge >= 0.3 is 0 Å². The van der Waals surface area contributed by atoms with Crippen LogP contribution >= 0.6 is 27.5 Å². The average Bonchev–Trinajstić information content (AvgIpc) is 2.92. The third-order valence-corrected chi connectivity index (χ3v) is 4.47. The zero-order chi connectivity index (χ0) is 14.8. The van der Waals surface area contributed by atoms with E-state index in [1.807, 2.05) is 18.2 Å². The molecule has 1 aliphatic heterocycles. The number of benzene rings is 2. The summed E-state index contributed by atoms with van der Waals surface area (Å²) in [6.45, 7) is 3.70. The maximum atomic E-state index is 6.05. The first kappa shape index (κ1) is 14.9. The highest BCUT2D eigenvalue weighted by Gasteiger charge is 2.17. The Hall–Kier alpha value is -1.03. The molecule has 1 aliphatic rings. The molecule has 0 aromatic heterocycles. The molecule has 0 radical (unpaired) electrons. The van der Waals surface area contributed by atoms with Gasteiger partial charge in [0, 0.05) is 34.1 Å². The fraction of sp³-hybridized carbons (Fsp3) is 0.294. The van der Waals surface area contributed by atoms with Crippen molar-refractivity contribution in [2.45, 2.75) is 25.9 Å². The Balaban J connectivity index is 1.73. The quantitative estimate of drug-likeness (QED) is 0.832. The van der Waals surface area contributed by atoms with Crippen molar-refractivity contribution in [2.24, 2.45) is 0 Å². The summed E-state index contributed by atoms with van der Waals surface area (Å²) in [4.78, 5) is 0. The van der Waals surface area contributed by atoms with Crippen molar-refractivity contribution in [3.05, 3.63) is 62.6 Å². The summed E-state index contributed by atoms with van der Waals surface area (Å²) in [7, 11) is 0. The molecule has 110 valence electrons. The van der Waals surface area contributed by atoms with Gasteiger partial charge in [-0.2, -0.15) is 0 Å². The molecule has 0 unspecified atom stereocenters. The Morgan fingerprint density at radius 3 is 3.00 bits per heavy atom. The molecule has 2 aromatic carbocycles. The van der Waals surface area contributed by atoms with Crippen LogP contribution in [0.4, 0.5) is 0 Å². The highest BCUT2D eigenvalue weighted by atomic mass is 79.9. The number of ether oxygens (including phenoxy) is 1. The lowest BCUT2D eigenvalue weighted by Crippen LogP contribution is -2.18. The number of halogens is 2. The van der Waals surface area contributed by atoms with Crippen LogP contribution in [0.15, 0.2) is 40.9 Å². The third kappa shape index (κ3) is 3.42. The first-order valence-electron chi connectivity index (χ1n) is 7.06. The van der Waals surface area contributed by atoms with Crippen LogP contribution < -0.4 is 10.1 Å². The van der Waals surface area contributed by atoms with Crippen LogP contribution in [0.2, 0.25) is 5.02 Å². The molecule has 3 rings (SSSR count). The van der Waals surface area contributed by atoms with Crippen molar-refractivity contribution >= 4 is 27.5 Å². The summed E-state index contributed by atoms with van der Waals surface area (Å²) in [6.07, 6.45) is 0.992. The molecule has 2 nitrogen and oxygen atoms in total. The van der Waals surface area contributed by atoms with E-state index in [2.05, 4.69) is 46.4 Å². The first-order valence-corrected chi connectivity index (χ1v) is 8.23. The molecular weight excluding hydrogens is 350 g/mol. The molecule has 0 amide bonds. The van der Waals surface area contributed by atoms with E-state index in [9.17, 15) is 0 Å². The minimum atomic E-state index is 0.236. The zero-order valence-electron chi connectivity index (χ0n) is 11.8. The van der Waals surface area contributed by atoms with Gasteiger partial charge in [-0.25, -0.2) is 0 Å². The van der Waals surface area contributed by atoms with E-state index in [1.165, 1.54) is 16.7 Å². The molecule has 2 aromatic rings. The standard InChI is InChI=1S/C17H17BrClNO/c1-11(12-3-2-4-16(19)9-12)20-10-14-8-15(18)7-13-5-6-21-17(13)14/h2-4,7-9,11,20H,5-6,10H2,1H3/t11-/m1/s1. The van der Waals surface area contributed by atoms with Crippen LogP contribution in [0.1, 0.15) is 29.7 Å². The van der Waals surface area contributed by atoms with Crippen LogP contribution in [-0.2, 0) is 13.0 Å². The molecule has 0 spiro atoms. The van der Waals surface area contributed by atoms with E-state index in [-0.39, 0.29) is 6.04 Å². The smallest absolute Gasteiger partial charge is 0.127 e. The summed E-state index contributed by atoms with van der Waals surface area (Å²) in [5.74, 6) is 1.05. The number of nitrogens with one attached hydrogen (secondary N) is 1. The molecule has 4 heteroatoms. The Morgan fingerprint density at radius 1 is 1.33 bits per heavy atom. The van der Waals surface area contributed by atoms with Crippen LogP contribution in [0.5, 0.6) is 5.75 Å². The van der Waals surface area contributed by atoms with Gasteiger partial charge in [0.1, 0.15) is 5.75 Å². The first-order chi connectivity index (χ1) is 10.1. The second-order valence-electron chi connectivity index (χ2n) is 5.31. The molecular formula is C17H17BrClNO. The monoisotopic (exact) mass is 365 g/mol. The lowest BCUT2D eigenvalue weighted by molar-refractivity contribution is 0.351. The van der Waals surface area contributed by atoms with E-state index in [4.69, 9.17) is 16.3 Å². The van der Waals surface area contributed by atoms with Crippen LogP contribution in [0.25, 0.3) is 0 Å². The van der Waals surface area contributed by atoms with Gasteiger partial charge < -0.3 is 10.1 Å². The number of hydrogen-bond donors (Lipinski definition) is 1. The van der Waals surface area contributed by atoms with Gasteiger partial charge in [-0.15, -0.1) is 0 Å². The van der Waals surface area contributed by atoms with E-state index in [1.54, 1.807) is 0 Å². The normalized spacial score (nSPS) is 14.6. The molecule has 21 heavy (non-hydrogen) atoms. The summed E-state index contributed by atoms with van der Waals surface area (Å²) in [6, 6.07) is 12.5. The van der Waals surface area contributed by atoms with Crippen molar-refractivity contribution in [2.75, 3.05) is 6.61 Å². The molecule has 0 fully saturated rings. The van der Waals surface area contributed by atoms with Crippen LogP contribution in [0.3, 0.4) is 0 Å². The van der Waals surface area contributed by atoms with E-state index >= 15 is 0 Å².